The van der Waals surface area contributed by atoms with Crippen molar-refractivity contribution in [2.24, 2.45) is 5.92 Å². The molecule has 0 saturated heterocycles. The third kappa shape index (κ3) is 1.80. The summed E-state index contributed by atoms with van der Waals surface area (Å²) in [6, 6.07) is 0. The van der Waals surface area contributed by atoms with Gasteiger partial charge in [0.25, 0.3) is 5.56 Å². The highest BCUT2D eigenvalue weighted by atomic mass is 79.9. The smallest absolute Gasteiger partial charge is 0.281 e. The van der Waals surface area contributed by atoms with E-state index in [-0.39, 0.29) is 5.56 Å². The van der Waals surface area contributed by atoms with Gasteiger partial charge in [-0.05, 0) is 34.7 Å². The molecule has 78 valence electrons. The van der Waals surface area contributed by atoms with E-state index in [9.17, 15) is 4.79 Å². The molecule has 0 amide bonds. The van der Waals surface area contributed by atoms with Gasteiger partial charge in [-0.1, -0.05) is 13.8 Å². The molecule has 0 bridgehead atoms. The number of aromatic amines is 1. The first-order valence-corrected chi connectivity index (χ1v) is 5.87. The Hall–Kier alpha value is -0.510. The van der Waals surface area contributed by atoms with Crippen LogP contribution in [0.15, 0.2) is 9.27 Å². The first-order valence-electron chi connectivity index (χ1n) is 5.07. The lowest BCUT2D eigenvalue weighted by molar-refractivity contribution is 0.469. The molecule has 1 aliphatic carbocycles. The van der Waals surface area contributed by atoms with Crippen molar-refractivity contribution >= 4 is 15.9 Å². The van der Waals surface area contributed by atoms with Crippen LogP contribution >= 0.6 is 15.9 Å². The van der Waals surface area contributed by atoms with Crippen LogP contribution < -0.4 is 5.56 Å². The Morgan fingerprint density at radius 1 is 1.57 bits per heavy atom. The first kappa shape index (κ1) is 10.0. The summed E-state index contributed by atoms with van der Waals surface area (Å²) in [6.07, 6.45) is 2.42. The fourth-order valence-electron chi connectivity index (χ4n) is 1.62. The van der Waals surface area contributed by atoms with Gasteiger partial charge < -0.3 is 0 Å². The van der Waals surface area contributed by atoms with Crippen molar-refractivity contribution in [1.29, 1.82) is 0 Å². The quantitative estimate of drug-likeness (QED) is 0.889. The van der Waals surface area contributed by atoms with Gasteiger partial charge in [-0.2, -0.15) is 0 Å². The maximum Gasteiger partial charge on any atom is 0.281 e. The zero-order valence-corrected chi connectivity index (χ0v) is 10.1. The standard InChI is InChI=1S/C10H15BrN2O/c1-6(2)5-13-10(14)8(11)9(12-13)7-3-4-7/h6-7,12H,3-5H2,1-2H3. The highest BCUT2D eigenvalue weighted by Crippen LogP contribution is 2.41. The van der Waals surface area contributed by atoms with Gasteiger partial charge in [-0.15, -0.1) is 0 Å². The molecule has 14 heavy (non-hydrogen) atoms. The molecule has 2 rings (SSSR count). The lowest BCUT2D eigenvalue weighted by atomic mass is 10.2. The van der Waals surface area contributed by atoms with Crippen LogP contribution in [0.2, 0.25) is 0 Å². The van der Waals surface area contributed by atoms with Crippen molar-refractivity contribution in [2.75, 3.05) is 0 Å². The predicted molar refractivity (Wildman–Crippen MR) is 59.6 cm³/mol. The number of hydrogen-bond donors (Lipinski definition) is 1. The Morgan fingerprint density at radius 2 is 2.21 bits per heavy atom. The SMILES string of the molecule is CC(C)Cn1[nH]c(C2CC2)c(Br)c1=O. The molecule has 1 aliphatic rings. The first-order chi connectivity index (χ1) is 6.59. The largest absolute Gasteiger partial charge is 0.298 e. The zero-order valence-electron chi connectivity index (χ0n) is 8.51. The minimum Gasteiger partial charge on any atom is -0.298 e. The summed E-state index contributed by atoms with van der Waals surface area (Å²) in [5, 5.41) is 3.20. The van der Waals surface area contributed by atoms with Gasteiger partial charge >= 0.3 is 0 Å². The third-order valence-electron chi connectivity index (χ3n) is 2.46. The molecule has 3 nitrogen and oxygen atoms in total. The average Bonchev–Trinajstić information content (AvgIpc) is 2.88. The summed E-state index contributed by atoms with van der Waals surface area (Å²) in [6.45, 7) is 4.99. The summed E-state index contributed by atoms with van der Waals surface area (Å²) in [5.41, 5.74) is 1.18. The Kier molecular flexibility index (Phi) is 2.56. The molecule has 0 atom stereocenters. The van der Waals surface area contributed by atoms with E-state index in [4.69, 9.17) is 0 Å². The molecular formula is C10H15BrN2O. The maximum atomic E-state index is 11.7. The van der Waals surface area contributed by atoms with E-state index in [1.165, 1.54) is 12.8 Å². The van der Waals surface area contributed by atoms with E-state index in [1.54, 1.807) is 4.68 Å². The number of H-pyrrole nitrogens is 1. The van der Waals surface area contributed by atoms with Crippen molar-refractivity contribution < 1.29 is 0 Å². The van der Waals surface area contributed by atoms with E-state index in [2.05, 4.69) is 34.9 Å². The number of nitrogens with one attached hydrogen (secondary N) is 1. The van der Waals surface area contributed by atoms with E-state index >= 15 is 0 Å². The summed E-state index contributed by atoms with van der Waals surface area (Å²) in [5.74, 6) is 1.08. The molecule has 1 heterocycles. The van der Waals surface area contributed by atoms with Crippen LogP contribution in [0.25, 0.3) is 0 Å². The third-order valence-corrected chi connectivity index (χ3v) is 3.22. The second kappa shape index (κ2) is 3.57. The molecule has 0 unspecified atom stereocenters. The number of aromatic nitrogens is 2. The molecule has 0 radical (unpaired) electrons. The van der Waals surface area contributed by atoms with Crippen molar-refractivity contribution in [3.8, 4) is 0 Å². The average molecular weight is 259 g/mol. The van der Waals surface area contributed by atoms with Gasteiger partial charge in [-0.3, -0.25) is 14.6 Å². The Balaban J connectivity index is 2.32. The lowest BCUT2D eigenvalue weighted by Gasteiger charge is -2.04. The molecule has 0 aromatic carbocycles. The maximum absolute atomic E-state index is 11.7. The second-order valence-corrected chi connectivity index (χ2v) is 5.22. The molecule has 1 saturated carbocycles. The Labute approximate surface area is 91.6 Å². The van der Waals surface area contributed by atoms with Gasteiger partial charge in [0.1, 0.15) is 4.47 Å². The van der Waals surface area contributed by atoms with Crippen molar-refractivity contribution in [2.45, 2.75) is 39.2 Å². The van der Waals surface area contributed by atoms with Crippen LogP contribution in [0, 0.1) is 5.92 Å². The second-order valence-electron chi connectivity index (χ2n) is 4.42. The molecule has 0 aliphatic heterocycles. The minimum atomic E-state index is 0.0839. The number of hydrogen-bond acceptors (Lipinski definition) is 1. The number of halogens is 1. The van der Waals surface area contributed by atoms with Gasteiger partial charge in [0.05, 0.1) is 5.69 Å². The molecule has 1 aromatic heterocycles. The van der Waals surface area contributed by atoms with Crippen LogP contribution in [0.5, 0.6) is 0 Å². The molecule has 0 spiro atoms. The fraction of sp³-hybridized carbons (Fsp3) is 0.700. The topological polar surface area (TPSA) is 37.8 Å². The van der Waals surface area contributed by atoms with Gasteiger partial charge in [0.2, 0.25) is 0 Å². The predicted octanol–water partition coefficient (Wildman–Crippen LogP) is 2.47. The normalized spacial score (nSPS) is 16.6. The zero-order chi connectivity index (χ0) is 10.3. The molecule has 1 N–H and O–H groups in total. The monoisotopic (exact) mass is 258 g/mol. The number of rotatable bonds is 3. The highest BCUT2D eigenvalue weighted by molar-refractivity contribution is 9.10. The van der Waals surface area contributed by atoms with Crippen molar-refractivity contribution in [3.05, 3.63) is 20.5 Å². The van der Waals surface area contributed by atoms with Crippen molar-refractivity contribution in [3.63, 3.8) is 0 Å². The summed E-state index contributed by atoms with van der Waals surface area (Å²) < 4.78 is 2.45. The molecule has 1 aromatic rings. The lowest BCUT2D eigenvalue weighted by Crippen LogP contribution is -2.19. The summed E-state index contributed by atoms with van der Waals surface area (Å²) in [7, 11) is 0. The number of nitrogens with zero attached hydrogens (tertiary/aromatic N) is 1. The van der Waals surface area contributed by atoms with Crippen LogP contribution in [-0.2, 0) is 6.54 Å². The minimum absolute atomic E-state index is 0.0839. The fourth-order valence-corrected chi connectivity index (χ4v) is 2.24. The van der Waals surface area contributed by atoms with E-state index in [1.807, 2.05) is 0 Å². The summed E-state index contributed by atoms with van der Waals surface area (Å²) >= 11 is 3.37. The van der Waals surface area contributed by atoms with E-state index in [0.717, 1.165) is 16.7 Å². The highest BCUT2D eigenvalue weighted by Gasteiger charge is 2.29. The van der Waals surface area contributed by atoms with Crippen LogP contribution in [-0.4, -0.2) is 9.78 Å². The summed E-state index contributed by atoms with van der Waals surface area (Å²) in [4.78, 5) is 11.7. The Bertz CT molecular complexity index is 387. The van der Waals surface area contributed by atoms with Crippen molar-refractivity contribution in [1.82, 2.24) is 9.78 Å². The molecule has 1 fully saturated rings. The van der Waals surface area contributed by atoms with Crippen LogP contribution in [0.1, 0.15) is 38.3 Å². The Morgan fingerprint density at radius 3 is 2.71 bits per heavy atom. The van der Waals surface area contributed by atoms with Gasteiger partial charge in [0, 0.05) is 12.5 Å². The molecule has 4 heteroatoms. The van der Waals surface area contributed by atoms with Crippen LogP contribution in [0.3, 0.4) is 0 Å². The van der Waals surface area contributed by atoms with E-state index < -0.39 is 0 Å². The van der Waals surface area contributed by atoms with E-state index in [0.29, 0.717) is 11.8 Å². The van der Waals surface area contributed by atoms with Gasteiger partial charge in [0.15, 0.2) is 0 Å². The molecular weight excluding hydrogens is 244 g/mol. The van der Waals surface area contributed by atoms with Crippen LogP contribution in [0.4, 0.5) is 0 Å². The van der Waals surface area contributed by atoms with Gasteiger partial charge in [-0.25, -0.2) is 0 Å².